The minimum Gasteiger partial charge on any atom is -0.354 e. The van der Waals surface area contributed by atoms with Crippen LogP contribution in [0.4, 0.5) is 5.69 Å². The zero-order valence-electron chi connectivity index (χ0n) is 21.5. The molecule has 0 bridgehead atoms. The number of amides is 2. The van der Waals surface area contributed by atoms with Gasteiger partial charge in [-0.1, -0.05) is 70.9 Å². The highest BCUT2D eigenvalue weighted by atomic mass is 79.9. The first-order valence-electron chi connectivity index (χ1n) is 12.2. The molecule has 0 heterocycles. The smallest absolute Gasteiger partial charge is 0.264 e. The number of sulfonamides is 1. The Labute approximate surface area is 238 Å². The number of hydrogen-bond donors (Lipinski definition) is 1. The highest BCUT2D eigenvalue weighted by Gasteiger charge is 2.32. The third-order valence-electron chi connectivity index (χ3n) is 6.01. The van der Waals surface area contributed by atoms with E-state index >= 15 is 0 Å². The molecule has 0 aliphatic heterocycles. The van der Waals surface area contributed by atoms with Crippen LogP contribution < -0.4 is 9.62 Å². The zero-order chi connectivity index (χ0) is 27.9. The molecule has 7 nitrogen and oxygen atoms in total. The van der Waals surface area contributed by atoms with Gasteiger partial charge < -0.3 is 10.2 Å². The normalized spacial score (nSPS) is 12.0. The molecule has 3 aromatic rings. The molecule has 1 N–H and O–H groups in total. The lowest BCUT2D eigenvalue weighted by Gasteiger charge is -2.32. The van der Waals surface area contributed by atoms with Gasteiger partial charge in [0.15, 0.2) is 0 Å². The Balaban J connectivity index is 2.03. The summed E-state index contributed by atoms with van der Waals surface area (Å²) in [6, 6.07) is 19.3. The summed E-state index contributed by atoms with van der Waals surface area (Å²) in [5.74, 6) is -0.841. The molecule has 0 radical (unpaired) electrons. The molecule has 202 valence electrons. The molecule has 3 rings (SSSR count). The van der Waals surface area contributed by atoms with Crippen LogP contribution in [-0.2, 0) is 26.2 Å². The van der Waals surface area contributed by atoms with Crippen molar-refractivity contribution in [2.24, 2.45) is 0 Å². The van der Waals surface area contributed by atoms with Crippen LogP contribution in [0, 0.1) is 6.92 Å². The monoisotopic (exact) mass is 619 g/mol. The first-order chi connectivity index (χ1) is 18.0. The Morgan fingerprint density at radius 2 is 1.74 bits per heavy atom. The van der Waals surface area contributed by atoms with Crippen molar-refractivity contribution in [3.05, 3.63) is 93.4 Å². The van der Waals surface area contributed by atoms with Gasteiger partial charge >= 0.3 is 0 Å². The Bertz CT molecular complexity index is 1390. The predicted molar refractivity (Wildman–Crippen MR) is 155 cm³/mol. The third kappa shape index (κ3) is 7.36. The van der Waals surface area contributed by atoms with Gasteiger partial charge in [0, 0.05) is 22.6 Å². The minimum absolute atomic E-state index is 0.0387. The maximum Gasteiger partial charge on any atom is 0.264 e. The number of benzene rings is 3. The Kier molecular flexibility index (Phi) is 10.4. The van der Waals surface area contributed by atoms with Crippen molar-refractivity contribution in [2.75, 3.05) is 17.4 Å². The molecule has 0 saturated heterocycles. The number of anilines is 1. The second-order valence-corrected chi connectivity index (χ2v) is 12.1. The lowest BCUT2D eigenvalue weighted by Crippen LogP contribution is -2.51. The molecule has 0 saturated carbocycles. The summed E-state index contributed by atoms with van der Waals surface area (Å²) in [6.45, 7) is 5.46. The van der Waals surface area contributed by atoms with Gasteiger partial charge in [-0.05, 0) is 67.8 Å². The van der Waals surface area contributed by atoms with Crippen LogP contribution >= 0.6 is 27.5 Å². The predicted octanol–water partition coefficient (Wildman–Crippen LogP) is 5.55. The summed E-state index contributed by atoms with van der Waals surface area (Å²) in [4.78, 5) is 28.2. The molecule has 0 aliphatic carbocycles. The number of carbonyl (C=O) groups is 2. The summed E-state index contributed by atoms with van der Waals surface area (Å²) in [6.07, 6.45) is 0.745. The van der Waals surface area contributed by atoms with E-state index in [2.05, 4.69) is 21.2 Å². The molecule has 38 heavy (non-hydrogen) atoms. The number of nitrogens with one attached hydrogen (secondary N) is 1. The standard InChI is InChI=1S/C28H31BrClN3O4S/c1-4-15-31-28(35)21(3)32(18-22-9-8-10-23(29)16-22)27(34)19-33(24-14-13-20(2)26(30)17-24)38(36,37)25-11-6-5-7-12-25/h5-14,16-17,21H,4,15,18-19H2,1-3H3,(H,31,35)/t21-/m0/s1. The molecule has 0 unspecified atom stereocenters. The van der Waals surface area contributed by atoms with Gasteiger partial charge in [-0.25, -0.2) is 8.42 Å². The first-order valence-corrected chi connectivity index (χ1v) is 14.8. The number of carbonyl (C=O) groups excluding carboxylic acids is 2. The van der Waals surface area contributed by atoms with Crippen LogP contribution in [0.15, 0.2) is 82.2 Å². The van der Waals surface area contributed by atoms with E-state index in [0.717, 1.165) is 26.3 Å². The van der Waals surface area contributed by atoms with Crippen LogP contribution in [0.5, 0.6) is 0 Å². The minimum atomic E-state index is -4.13. The van der Waals surface area contributed by atoms with Crippen molar-refractivity contribution in [1.29, 1.82) is 0 Å². The number of hydrogen-bond acceptors (Lipinski definition) is 4. The van der Waals surface area contributed by atoms with Crippen molar-refractivity contribution >= 4 is 55.1 Å². The Morgan fingerprint density at radius 1 is 1.03 bits per heavy atom. The van der Waals surface area contributed by atoms with Crippen LogP contribution in [-0.4, -0.2) is 44.3 Å². The van der Waals surface area contributed by atoms with Crippen molar-refractivity contribution in [1.82, 2.24) is 10.2 Å². The molecule has 0 spiro atoms. The summed E-state index contributed by atoms with van der Waals surface area (Å²) in [7, 11) is -4.13. The van der Waals surface area contributed by atoms with Gasteiger partial charge in [-0.3, -0.25) is 13.9 Å². The number of rotatable bonds is 11. The second-order valence-electron chi connectivity index (χ2n) is 8.88. The van der Waals surface area contributed by atoms with E-state index in [-0.39, 0.29) is 23.0 Å². The van der Waals surface area contributed by atoms with Crippen LogP contribution in [0.25, 0.3) is 0 Å². The highest BCUT2D eigenvalue weighted by Crippen LogP contribution is 2.28. The quantitative estimate of drug-likeness (QED) is 0.305. The fraction of sp³-hybridized carbons (Fsp3) is 0.286. The van der Waals surface area contributed by atoms with Gasteiger partial charge in [-0.15, -0.1) is 0 Å². The average molecular weight is 621 g/mol. The molecule has 3 aromatic carbocycles. The van der Waals surface area contributed by atoms with Crippen molar-refractivity contribution in [2.45, 2.75) is 44.7 Å². The molecule has 1 atom stereocenters. The highest BCUT2D eigenvalue weighted by molar-refractivity contribution is 9.10. The fourth-order valence-electron chi connectivity index (χ4n) is 3.80. The van der Waals surface area contributed by atoms with Crippen molar-refractivity contribution in [3.63, 3.8) is 0 Å². The SMILES string of the molecule is CCCNC(=O)[C@H](C)N(Cc1cccc(Br)c1)C(=O)CN(c1ccc(C)c(Cl)c1)S(=O)(=O)c1ccccc1. The molecular weight excluding hydrogens is 590 g/mol. The number of aryl methyl sites for hydroxylation is 1. The Morgan fingerprint density at radius 3 is 2.37 bits per heavy atom. The summed E-state index contributed by atoms with van der Waals surface area (Å²) in [5, 5.41) is 3.20. The maximum absolute atomic E-state index is 13.9. The summed E-state index contributed by atoms with van der Waals surface area (Å²) < 4.78 is 29.4. The molecule has 10 heteroatoms. The van der Waals surface area contributed by atoms with Gasteiger partial charge in [0.2, 0.25) is 11.8 Å². The van der Waals surface area contributed by atoms with E-state index in [1.54, 1.807) is 37.3 Å². The molecule has 0 aliphatic rings. The Hall–Kier alpha value is -2.88. The van der Waals surface area contributed by atoms with Crippen LogP contribution in [0.2, 0.25) is 5.02 Å². The first kappa shape index (κ1) is 29.7. The van der Waals surface area contributed by atoms with E-state index in [1.807, 2.05) is 38.1 Å². The van der Waals surface area contributed by atoms with E-state index < -0.39 is 28.5 Å². The number of halogens is 2. The fourth-order valence-corrected chi connectivity index (χ4v) is 5.84. The van der Waals surface area contributed by atoms with E-state index in [0.29, 0.717) is 11.6 Å². The van der Waals surface area contributed by atoms with Gasteiger partial charge in [0.05, 0.1) is 10.6 Å². The average Bonchev–Trinajstić information content (AvgIpc) is 2.90. The van der Waals surface area contributed by atoms with E-state index in [1.165, 1.54) is 23.1 Å². The zero-order valence-corrected chi connectivity index (χ0v) is 24.7. The maximum atomic E-state index is 13.9. The lowest BCUT2D eigenvalue weighted by atomic mass is 10.1. The van der Waals surface area contributed by atoms with E-state index in [4.69, 9.17) is 11.6 Å². The summed E-state index contributed by atoms with van der Waals surface area (Å²) >= 11 is 9.78. The molecule has 2 amide bonds. The number of nitrogens with zero attached hydrogens (tertiary/aromatic N) is 2. The second kappa shape index (κ2) is 13.3. The summed E-state index contributed by atoms with van der Waals surface area (Å²) in [5.41, 5.74) is 1.82. The van der Waals surface area contributed by atoms with Gasteiger partial charge in [0.1, 0.15) is 12.6 Å². The molecule has 0 aromatic heterocycles. The molecule has 0 fully saturated rings. The van der Waals surface area contributed by atoms with Crippen molar-refractivity contribution < 1.29 is 18.0 Å². The lowest BCUT2D eigenvalue weighted by molar-refractivity contribution is -0.139. The van der Waals surface area contributed by atoms with E-state index in [9.17, 15) is 18.0 Å². The third-order valence-corrected chi connectivity index (χ3v) is 8.70. The molecular formula is C28H31BrClN3O4S. The largest absolute Gasteiger partial charge is 0.354 e. The topological polar surface area (TPSA) is 86.8 Å². The van der Waals surface area contributed by atoms with Crippen LogP contribution in [0.3, 0.4) is 0 Å². The van der Waals surface area contributed by atoms with Crippen molar-refractivity contribution in [3.8, 4) is 0 Å². The van der Waals surface area contributed by atoms with Gasteiger partial charge in [-0.2, -0.15) is 0 Å². The van der Waals surface area contributed by atoms with Gasteiger partial charge in [0.25, 0.3) is 10.0 Å². The van der Waals surface area contributed by atoms with Crippen LogP contribution in [0.1, 0.15) is 31.4 Å².